The summed E-state index contributed by atoms with van der Waals surface area (Å²) in [5.74, 6) is 0. The van der Waals surface area contributed by atoms with Gasteiger partial charge in [-0.3, -0.25) is 0 Å². The van der Waals surface area contributed by atoms with Gasteiger partial charge in [0.15, 0.2) is 0 Å². The van der Waals surface area contributed by atoms with Crippen LogP contribution in [0.1, 0.15) is 10.6 Å². The number of benzene rings is 2. The van der Waals surface area contributed by atoms with Crippen molar-refractivity contribution in [3.8, 4) is 27.8 Å². The van der Waals surface area contributed by atoms with Crippen molar-refractivity contribution in [1.82, 2.24) is 4.98 Å². The van der Waals surface area contributed by atoms with E-state index < -0.39 is 0 Å². The Bertz CT molecular complexity index is 1070. The molecule has 0 bridgehead atoms. The van der Waals surface area contributed by atoms with E-state index in [1.165, 1.54) is 16.9 Å². The van der Waals surface area contributed by atoms with Gasteiger partial charge in [0.1, 0.15) is 11.1 Å². The number of thiazole rings is 1. The van der Waals surface area contributed by atoms with E-state index in [-0.39, 0.29) is 0 Å². The average molecular weight is 371 g/mol. The molecule has 0 atom stereocenters. The molecule has 4 heteroatoms. The van der Waals surface area contributed by atoms with Gasteiger partial charge in [0.2, 0.25) is 0 Å². The summed E-state index contributed by atoms with van der Waals surface area (Å²) >= 11 is 3.16. The van der Waals surface area contributed by atoms with Crippen molar-refractivity contribution in [2.75, 3.05) is 0 Å². The summed E-state index contributed by atoms with van der Waals surface area (Å²) in [6.45, 7) is 0. The van der Waals surface area contributed by atoms with E-state index in [0.29, 0.717) is 5.57 Å². The number of thiophene rings is 1. The Morgan fingerprint density at radius 1 is 0.885 bits per heavy atom. The highest BCUT2D eigenvalue weighted by Gasteiger charge is 2.09. The van der Waals surface area contributed by atoms with E-state index in [9.17, 15) is 5.26 Å². The predicted octanol–water partition coefficient (Wildman–Crippen LogP) is 6.60. The van der Waals surface area contributed by atoms with E-state index in [2.05, 4.69) is 35.3 Å². The fourth-order valence-corrected chi connectivity index (χ4v) is 4.19. The molecule has 4 rings (SSSR count). The van der Waals surface area contributed by atoms with Gasteiger partial charge in [0.05, 0.1) is 16.1 Å². The van der Waals surface area contributed by atoms with Gasteiger partial charge >= 0.3 is 0 Å². The maximum absolute atomic E-state index is 9.56. The number of rotatable bonds is 4. The summed E-state index contributed by atoms with van der Waals surface area (Å²) < 4.78 is 0. The molecule has 2 heterocycles. The van der Waals surface area contributed by atoms with Crippen LogP contribution in [0.15, 0.2) is 77.5 Å². The van der Waals surface area contributed by atoms with Crippen LogP contribution in [-0.2, 0) is 0 Å². The first-order chi connectivity index (χ1) is 12.8. The van der Waals surface area contributed by atoms with Crippen LogP contribution in [0.3, 0.4) is 0 Å². The van der Waals surface area contributed by atoms with Gasteiger partial charge in [-0.25, -0.2) is 4.98 Å². The zero-order chi connectivity index (χ0) is 17.8. The maximum atomic E-state index is 9.56. The summed E-state index contributed by atoms with van der Waals surface area (Å²) in [6.07, 6.45) is 1.89. The number of nitrogens with zero attached hydrogens (tertiary/aromatic N) is 2. The molecule has 2 nitrogen and oxygen atoms in total. The second kappa shape index (κ2) is 7.49. The van der Waals surface area contributed by atoms with Crippen LogP contribution in [0, 0.1) is 11.3 Å². The highest BCUT2D eigenvalue weighted by Crippen LogP contribution is 2.30. The number of aromatic nitrogens is 1. The standard InChI is InChI=1S/C22H14N2S2/c23-14-19(22-24-20(15-26-22)21-7-4-12-25-21)13-16-8-10-18(11-9-16)17-5-2-1-3-6-17/h1-13,15H/b19-13+. The Labute approximate surface area is 160 Å². The molecule has 0 saturated heterocycles. The normalized spacial score (nSPS) is 11.3. The molecule has 0 fully saturated rings. The molecule has 2 aromatic carbocycles. The van der Waals surface area contributed by atoms with Gasteiger partial charge < -0.3 is 0 Å². The molecule has 0 amide bonds. The van der Waals surface area contributed by atoms with Crippen molar-refractivity contribution in [3.05, 3.63) is 88.1 Å². The molecular weight excluding hydrogens is 356 g/mol. The van der Waals surface area contributed by atoms with Crippen LogP contribution in [0.4, 0.5) is 0 Å². The lowest BCUT2D eigenvalue weighted by atomic mass is 10.0. The minimum Gasteiger partial charge on any atom is -0.234 e. The summed E-state index contributed by atoms with van der Waals surface area (Å²) in [7, 11) is 0. The first-order valence-electron chi connectivity index (χ1n) is 8.10. The van der Waals surface area contributed by atoms with Gasteiger partial charge in [-0.05, 0) is 34.2 Å². The third-order valence-corrected chi connectivity index (χ3v) is 5.73. The largest absolute Gasteiger partial charge is 0.234 e. The molecule has 0 aliphatic rings. The van der Waals surface area contributed by atoms with E-state index in [0.717, 1.165) is 26.7 Å². The van der Waals surface area contributed by atoms with Crippen molar-refractivity contribution in [3.63, 3.8) is 0 Å². The van der Waals surface area contributed by atoms with E-state index >= 15 is 0 Å². The second-order valence-corrected chi connectivity index (χ2v) is 7.48. The zero-order valence-electron chi connectivity index (χ0n) is 13.8. The quantitative estimate of drug-likeness (QED) is 0.379. The van der Waals surface area contributed by atoms with E-state index in [1.54, 1.807) is 11.3 Å². The monoisotopic (exact) mass is 370 g/mol. The van der Waals surface area contributed by atoms with Crippen molar-refractivity contribution >= 4 is 34.3 Å². The third kappa shape index (κ3) is 3.50. The molecule has 0 unspecified atom stereocenters. The molecule has 0 spiro atoms. The van der Waals surface area contributed by atoms with Crippen LogP contribution >= 0.6 is 22.7 Å². The van der Waals surface area contributed by atoms with Crippen molar-refractivity contribution in [1.29, 1.82) is 5.26 Å². The number of allylic oxidation sites excluding steroid dienone is 1. The molecule has 0 saturated carbocycles. The van der Waals surface area contributed by atoms with Crippen LogP contribution in [0.2, 0.25) is 0 Å². The number of nitriles is 1. The zero-order valence-corrected chi connectivity index (χ0v) is 15.4. The van der Waals surface area contributed by atoms with Crippen LogP contribution in [-0.4, -0.2) is 4.98 Å². The Morgan fingerprint density at radius 2 is 1.65 bits per heavy atom. The lowest BCUT2D eigenvalue weighted by Gasteiger charge is -2.02. The smallest absolute Gasteiger partial charge is 0.134 e. The highest BCUT2D eigenvalue weighted by molar-refractivity contribution is 7.14. The van der Waals surface area contributed by atoms with Crippen LogP contribution < -0.4 is 0 Å². The van der Waals surface area contributed by atoms with E-state index in [1.807, 2.05) is 59.3 Å². The molecule has 0 aliphatic heterocycles. The van der Waals surface area contributed by atoms with Crippen LogP contribution in [0.25, 0.3) is 33.3 Å². The van der Waals surface area contributed by atoms with Crippen molar-refractivity contribution in [2.45, 2.75) is 0 Å². The lowest BCUT2D eigenvalue weighted by molar-refractivity contribution is 1.38. The molecule has 2 aromatic heterocycles. The van der Waals surface area contributed by atoms with Gasteiger partial charge in [0.25, 0.3) is 0 Å². The molecular formula is C22H14N2S2. The van der Waals surface area contributed by atoms with Gasteiger partial charge in [0, 0.05) is 5.38 Å². The number of hydrogen-bond acceptors (Lipinski definition) is 4. The molecule has 0 N–H and O–H groups in total. The molecule has 26 heavy (non-hydrogen) atoms. The Hall–Kier alpha value is -3.00. The predicted molar refractivity (Wildman–Crippen MR) is 111 cm³/mol. The minimum atomic E-state index is 0.588. The topological polar surface area (TPSA) is 36.7 Å². The van der Waals surface area contributed by atoms with Gasteiger partial charge in [-0.1, -0.05) is 60.7 Å². The fourth-order valence-electron chi connectivity index (χ4n) is 2.65. The van der Waals surface area contributed by atoms with E-state index in [4.69, 9.17) is 0 Å². The maximum Gasteiger partial charge on any atom is 0.134 e. The Balaban J connectivity index is 1.61. The first kappa shape index (κ1) is 16.5. The van der Waals surface area contributed by atoms with Crippen LogP contribution in [0.5, 0.6) is 0 Å². The van der Waals surface area contributed by atoms with Crippen molar-refractivity contribution < 1.29 is 0 Å². The summed E-state index contributed by atoms with van der Waals surface area (Å²) in [5.41, 5.74) is 4.86. The average Bonchev–Trinajstić information content (AvgIpc) is 3.39. The summed E-state index contributed by atoms with van der Waals surface area (Å²) in [6, 6.07) is 24.8. The van der Waals surface area contributed by atoms with Gasteiger partial charge in [-0.15, -0.1) is 22.7 Å². The van der Waals surface area contributed by atoms with Crippen molar-refractivity contribution in [2.24, 2.45) is 0 Å². The van der Waals surface area contributed by atoms with Gasteiger partial charge in [-0.2, -0.15) is 5.26 Å². The SMILES string of the molecule is N#C/C(=C\c1ccc(-c2ccccc2)cc1)c1nc(-c2cccs2)cs1. The fraction of sp³-hybridized carbons (Fsp3) is 0. The lowest BCUT2D eigenvalue weighted by Crippen LogP contribution is -1.82. The summed E-state index contributed by atoms with van der Waals surface area (Å²) in [5, 5.41) is 14.4. The first-order valence-corrected chi connectivity index (χ1v) is 9.86. The molecule has 124 valence electrons. The Morgan fingerprint density at radius 3 is 2.35 bits per heavy atom. The molecule has 4 aromatic rings. The summed E-state index contributed by atoms with van der Waals surface area (Å²) in [4.78, 5) is 5.75. The molecule has 0 aliphatic carbocycles. The highest BCUT2D eigenvalue weighted by atomic mass is 32.1. The number of hydrogen-bond donors (Lipinski definition) is 0. The minimum absolute atomic E-state index is 0.588. The second-order valence-electron chi connectivity index (χ2n) is 5.67. The Kier molecular flexibility index (Phi) is 4.74. The third-order valence-electron chi connectivity index (χ3n) is 3.96. The molecule has 0 radical (unpaired) electrons.